The van der Waals surface area contributed by atoms with Crippen molar-refractivity contribution in [2.45, 2.75) is 38.0 Å². The van der Waals surface area contributed by atoms with Crippen LogP contribution in [0, 0.1) is 6.92 Å². The van der Waals surface area contributed by atoms with Gasteiger partial charge in [0.2, 0.25) is 10.0 Å². The first kappa shape index (κ1) is 17.7. The molecule has 0 amide bonds. The minimum Gasteiger partial charge on any atom is -0.359 e. The summed E-state index contributed by atoms with van der Waals surface area (Å²) >= 11 is 0. The summed E-state index contributed by atoms with van der Waals surface area (Å²) < 4.78 is 32.1. The van der Waals surface area contributed by atoms with E-state index in [-0.39, 0.29) is 5.25 Å². The Hall–Kier alpha value is -1.70. The van der Waals surface area contributed by atoms with Gasteiger partial charge in [0.1, 0.15) is 5.69 Å². The number of sulfonamides is 1. The maximum Gasteiger partial charge on any atom is 0.217 e. The van der Waals surface area contributed by atoms with Gasteiger partial charge in [-0.25, -0.2) is 12.7 Å². The van der Waals surface area contributed by atoms with E-state index in [4.69, 9.17) is 4.52 Å². The number of rotatable bonds is 5. The van der Waals surface area contributed by atoms with E-state index in [0.717, 1.165) is 49.4 Å². The van der Waals surface area contributed by atoms with Crippen LogP contribution in [0.15, 0.2) is 34.9 Å². The highest BCUT2D eigenvalue weighted by Gasteiger charge is 2.40. The largest absolute Gasteiger partial charge is 0.359 e. The molecule has 0 spiro atoms. The van der Waals surface area contributed by atoms with E-state index in [1.165, 1.54) is 5.56 Å². The molecule has 0 N–H and O–H groups in total. The normalized spacial score (nSPS) is 20.2. The van der Waals surface area contributed by atoms with Gasteiger partial charge in [-0.2, -0.15) is 0 Å². The second-order valence-corrected chi connectivity index (χ2v) is 9.53. The van der Waals surface area contributed by atoms with Crippen molar-refractivity contribution in [3.05, 3.63) is 41.7 Å². The molecule has 2 fully saturated rings. The molecule has 26 heavy (non-hydrogen) atoms. The SMILES string of the molecule is Cc1ccc(-c2cc(CN3CCCN(S(=O)(=O)C4CC4)CC3)on2)cc1. The summed E-state index contributed by atoms with van der Waals surface area (Å²) in [6.07, 6.45) is 2.50. The average molecular weight is 375 g/mol. The van der Waals surface area contributed by atoms with Gasteiger partial charge >= 0.3 is 0 Å². The van der Waals surface area contributed by atoms with E-state index in [1.54, 1.807) is 4.31 Å². The molecular weight excluding hydrogens is 350 g/mol. The first-order valence-electron chi connectivity index (χ1n) is 9.26. The number of aryl methyl sites for hydroxylation is 1. The third kappa shape index (κ3) is 3.84. The Balaban J connectivity index is 1.38. The first-order valence-corrected chi connectivity index (χ1v) is 10.8. The van der Waals surface area contributed by atoms with Crippen LogP contribution in [0.25, 0.3) is 11.3 Å². The lowest BCUT2D eigenvalue weighted by Gasteiger charge is -2.20. The topological polar surface area (TPSA) is 66.7 Å². The molecule has 0 atom stereocenters. The molecule has 2 aliphatic rings. The Labute approximate surface area is 154 Å². The third-order valence-corrected chi connectivity index (χ3v) is 7.54. The Morgan fingerprint density at radius 1 is 1.12 bits per heavy atom. The van der Waals surface area contributed by atoms with E-state index < -0.39 is 10.0 Å². The molecule has 1 aliphatic heterocycles. The predicted molar refractivity (Wildman–Crippen MR) is 100 cm³/mol. The minimum absolute atomic E-state index is 0.125. The highest BCUT2D eigenvalue weighted by Crippen LogP contribution is 2.31. The minimum atomic E-state index is -3.07. The van der Waals surface area contributed by atoms with E-state index in [9.17, 15) is 8.42 Å². The van der Waals surface area contributed by atoms with Crippen LogP contribution in [0.4, 0.5) is 0 Å². The van der Waals surface area contributed by atoms with E-state index in [1.807, 2.05) is 18.2 Å². The summed E-state index contributed by atoms with van der Waals surface area (Å²) in [4.78, 5) is 2.25. The summed E-state index contributed by atoms with van der Waals surface area (Å²) in [6.45, 7) is 5.52. The van der Waals surface area contributed by atoms with Crippen molar-refractivity contribution in [2.75, 3.05) is 26.2 Å². The molecular formula is C19H25N3O3S. The van der Waals surface area contributed by atoms with Gasteiger partial charge in [0.05, 0.1) is 11.8 Å². The predicted octanol–water partition coefficient (Wildman–Crippen LogP) is 2.65. The van der Waals surface area contributed by atoms with Crippen molar-refractivity contribution >= 4 is 10.0 Å². The summed E-state index contributed by atoms with van der Waals surface area (Å²) in [5, 5.41) is 4.06. The summed E-state index contributed by atoms with van der Waals surface area (Å²) in [5.41, 5.74) is 3.10. The van der Waals surface area contributed by atoms with E-state index >= 15 is 0 Å². The molecule has 1 aromatic heterocycles. The van der Waals surface area contributed by atoms with Crippen LogP contribution in [0.5, 0.6) is 0 Å². The second-order valence-electron chi connectivity index (χ2n) is 7.32. The molecule has 7 heteroatoms. The molecule has 0 unspecified atom stereocenters. The van der Waals surface area contributed by atoms with Crippen LogP contribution in [-0.2, 0) is 16.6 Å². The highest BCUT2D eigenvalue weighted by atomic mass is 32.2. The van der Waals surface area contributed by atoms with Gasteiger partial charge in [0, 0.05) is 31.3 Å². The highest BCUT2D eigenvalue weighted by molar-refractivity contribution is 7.90. The quantitative estimate of drug-likeness (QED) is 0.804. The number of hydrogen-bond donors (Lipinski definition) is 0. The Morgan fingerprint density at radius 3 is 2.62 bits per heavy atom. The van der Waals surface area contributed by atoms with Crippen LogP contribution >= 0.6 is 0 Å². The van der Waals surface area contributed by atoms with Crippen molar-refractivity contribution in [3.63, 3.8) is 0 Å². The lowest BCUT2D eigenvalue weighted by molar-refractivity contribution is 0.241. The number of benzene rings is 1. The molecule has 4 rings (SSSR count). The van der Waals surface area contributed by atoms with Gasteiger partial charge in [-0.3, -0.25) is 4.90 Å². The molecule has 0 radical (unpaired) electrons. The van der Waals surface area contributed by atoms with Crippen molar-refractivity contribution in [1.29, 1.82) is 0 Å². The summed E-state index contributed by atoms with van der Waals surface area (Å²) in [7, 11) is -3.07. The maximum atomic E-state index is 12.4. The van der Waals surface area contributed by atoms with Crippen LogP contribution in [0.1, 0.15) is 30.6 Å². The monoisotopic (exact) mass is 375 g/mol. The second kappa shape index (κ2) is 7.13. The average Bonchev–Trinajstić information content (AvgIpc) is 3.41. The lowest BCUT2D eigenvalue weighted by atomic mass is 10.1. The summed E-state index contributed by atoms with van der Waals surface area (Å²) in [5.74, 6) is 0.819. The molecule has 2 heterocycles. The Morgan fingerprint density at radius 2 is 1.88 bits per heavy atom. The molecule has 0 bridgehead atoms. The maximum absolute atomic E-state index is 12.4. The first-order chi connectivity index (χ1) is 12.5. The van der Waals surface area contributed by atoms with Crippen LogP contribution in [0.3, 0.4) is 0 Å². The van der Waals surface area contributed by atoms with Gasteiger partial charge in [-0.05, 0) is 32.7 Å². The van der Waals surface area contributed by atoms with Gasteiger partial charge < -0.3 is 4.52 Å². The van der Waals surface area contributed by atoms with Crippen molar-refractivity contribution in [3.8, 4) is 11.3 Å². The molecule has 6 nitrogen and oxygen atoms in total. The van der Waals surface area contributed by atoms with Crippen LogP contribution < -0.4 is 0 Å². The number of hydrogen-bond acceptors (Lipinski definition) is 5. The molecule has 1 aliphatic carbocycles. The van der Waals surface area contributed by atoms with Crippen LogP contribution in [-0.4, -0.2) is 54.2 Å². The number of aromatic nitrogens is 1. The van der Waals surface area contributed by atoms with Gasteiger partial charge in [-0.1, -0.05) is 35.0 Å². The van der Waals surface area contributed by atoms with Gasteiger partial charge in [0.25, 0.3) is 0 Å². The molecule has 1 saturated carbocycles. The fourth-order valence-corrected chi connectivity index (χ4v) is 5.28. The zero-order valence-corrected chi connectivity index (χ0v) is 15.9. The van der Waals surface area contributed by atoms with Gasteiger partial charge in [0.15, 0.2) is 5.76 Å². The number of nitrogens with zero attached hydrogens (tertiary/aromatic N) is 3. The lowest BCUT2D eigenvalue weighted by Crippen LogP contribution is -2.37. The van der Waals surface area contributed by atoms with Gasteiger partial charge in [-0.15, -0.1) is 0 Å². The molecule has 1 aromatic carbocycles. The molecule has 2 aromatic rings. The molecule has 1 saturated heterocycles. The van der Waals surface area contributed by atoms with E-state index in [2.05, 4.69) is 29.1 Å². The standard InChI is InChI=1S/C19H25N3O3S/c1-15-3-5-16(6-4-15)19-13-17(25-20-19)14-21-9-2-10-22(12-11-21)26(23,24)18-7-8-18/h3-6,13,18H,2,7-12,14H2,1H3. The zero-order valence-electron chi connectivity index (χ0n) is 15.1. The third-order valence-electron chi connectivity index (χ3n) is 5.14. The Bertz CT molecular complexity index is 856. The summed E-state index contributed by atoms with van der Waals surface area (Å²) in [6, 6.07) is 10.2. The van der Waals surface area contributed by atoms with Crippen LogP contribution in [0.2, 0.25) is 0 Å². The van der Waals surface area contributed by atoms with E-state index in [0.29, 0.717) is 19.6 Å². The van der Waals surface area contributed by atoms with Crippen molar-refractivity contribution in [2.24, 2.45) is 0 Å². The van der Waals surface area contributed by atoms with Crippen molar-refractivity contribution < 1.29 is 12.9 Å². The zero-order chi connectivity index (χ0) is 18.1. The smallest absolute Gasteiger partial charge is 0.217 e. The fourth-order valence-electron chi connectivity index (χ4n) is 3.40. The Kier molecular flexibility index (Phi) is 4.86. The fraction of sp³-hybridized carbons (Fsp3) is 0.526. The van der Waals surface area contributed by atoms with Crippen molar-refractivity contribution in [1.82, 2.24) is 14.4 Å². The molecule has 140 valence electrons.